The Morgan fingerprint density at radius 2 is 2.00 bits per heavy atom. The summed E-state index contributed by atoms with van der Waals surface area (Å²) in [5.74, 6) is 0. The first-order valence-electron chi connectivity index (χ1n) is 5.06. The molecule has 0 unspecified atom stereocenters. The normalized spacial score (nSPS) is 12.1. The van der Waals surface area contributed by atoms with E-state index in [1.807, 2.05) is 29.7 Å². The molecule has 2 rings (SSSR count). The number of aryl methyl sites for hydroxylation is 1. The van der Waals surface area contributed by atoms with Crippen molar-refractivity contribution in [2.45, 2.75) is 24.8 Å². The molecule has 1 aromatic heterocycles. The van der Waals surface area contributed by atoms with Crippen molar-refractivity contribution in [2.75, 3.05) is 0 Å². The molecular formula is C11H12ClNO2S. The number of halogens is 1. The zero-order chi connectivity index (χ0) is 11.8. The summed E-state index contributed by atoms with van der Waals surface area (Å²) in [5, 5.41) is 0.686. The van der Waals surface area contributed by atoms with Gasteiger partial charge in [0.1, 0.15) is 4.90 Å². The molecule has 0 fully saturated rings. The monoisotopic (exact) mass is 257 g/mol. The van der Waals surface area contributed by atoms with E-state index in [9.17, 15) is 8.42 Å². The van der Waals surface area contributed by atoms with Crippen LogP contribution in [-0.2, 0) is 15.6 Å². The zero-order valence-electron chi connectivity index (χ0n) is 8.85. The number of fused-ring (bicyclic) bond motifs is 1. The average Bonchev–Trinajstić information content (AvgIpc) is 2.58. The fourth-order valence-electron chi connectivity index (χ4n) is 1.83. The summed E-state index contributed by atoms with van der Waals surface area (Å²) in [7, 11) is 1.73. The van der Waals surface area contributed by atoms with Crippen molar-refractivity contribution in [3.63, 3.8) is 0 Å². The smallest absolute Gasteiger partial charge is 0.263 e. The summed E-state index contributed by atoms with van der Waals surface area (Å²) in [5.41, 5.74) is 0.906. The Morgan fingerprint density at radius 3 is 2.62 bits per heavy atom. The molecule has 1 heterocycles. The maximum atomic E-state index is 11.4. The summed E-state index contributed by atoms with van der Waals surface area (Å²) >= 11 is 0. The fraction of sp³-hybridized carbons (Fsp3) is 0.273. The molecule has 3 nitrogen and oxygen atoms in total. The Balaban J connectivity index is 2.77. The molecule has 2 aromatic rings. The fourth-order valence-corrected chi connectivity index (χ4v) is 2.89. The van der Waals surface area contributed by atoms with Crippen LogP contribution < -0.4 is 0 Å². The Morgan fingerprint density at radius 1 is 1.31 bits per heavy atom. The van der Waals surface area contributed by atoms with Crippen LogP contribution in [-0.4, -0.2) is 13.0 Å². The molecule has 0 aliphatic rings. The summed E-state index contributed by atoms with van der Waals surface area (Å²) < 4.78 is 24.8. The Kier molecular flexibility index (Phi) is 2.95. The third kappa shape index (κ3) is 1.95. The minimum atomic E-state index is -3.68. The lowest BCUT2D eigenvalue weighted by Crippen LogP contribution is -1.94. The zero-order valence-corrected chi connectivity index (χ0v) is 10.4. The third-order valence-electron chi connectivity index (χ3n) is 2.48. The molecule has 0 amide bonds. The predicted octanol–water partition coefficient (Wildman–Crippen LogP) is 2.98. The average molecular weight is 258 g/mol. The number of para-hydroxylation sites is 1. The van der Waals surface area contributed by atoms with Gasteiger partial charge in [-0.05, 0) is 12.5 Å². The SMILES string of the molecule is CCCn1cc(S(=O)(=O)Cl)c2ccccc21. The Bertz CT molecular complexity index is 616. The van der Waals surface area contributed by atoms with Gasteiger partial charge in [-0.25, -0.2) is 8.42 Å². The van der Waals surface area contributed by atoms with E-state index in [4.69, 9.17) is 10.7 Å². The van der Waals surface area contributed by atoms with Gasteiger partial charge in [0.25, 0.3) is 9.05 Å². The second-order valence-electron chi connectivity index (χ2n) is 3.64. The van der Waals surface area contributed by atoms with E-state index >= 15 is 0 Å². The minimum absolute atomic E-state index is 0.193. The lowest BCUT2D eigenvalue weighted by Gasteiger charge is -2.00. The molecule has 0 bridgehead atoms. The van der Waals surface area contributed by atoms with Crippen LogP contribution in [0.25, 0.3) is 10.9 Å². The number of nitrogens with zero attached hydrogens (tertiary/aromatic N) is 1. The van der Waals surface area contributed by atoms with Crippen molar-refractivity contribution in [3.8, 4) is 0 Å². The maximum absolute atomic E-state index is 11.4. The lowest BCUT2D eigenvalue weighted by atomic mass is 10.2. The number of aromatic nitrogens is 1. The van der Waals surface area contributed by atoms with Gasteiger partial charge >= 0.3 is 0 Å². The molecular weight excluding hydrogens is 246 g/mol. The topological polar surface area (TPSA) is 39.1 Å². The lowest BCUT2D eigenvalue weighted by molar-refractivity contribution is 0.609. The van der Waals surface area contributed by atoms with Gasteiger partial charge in [-0.2, -0.15) is 0 Å². The molecule has 16 heavy (non-hydrogen) atoms. The molecule has 0 saturated heterocycles. The van der Waals surface area contributed by atoms with Crippen LogP contribution in [0, 0.1) is 0 Å². The van der Waals surface area contributed by atoms with Crippen LogP contribution in [0.2, 0.25) is 0 Å². The molecule has 0 saturated carbocycles. The number of benzene rings is 1. The van der Waals surface area contributed by atoms with Gasteiger partial charge in [-0.1, -0.05) is 25.1 Å². The van der Waals surface area contributed by atoms with Crippen molar-refractivity contribution in [1.29, 1.82) is 0 Å². The van der Waals surface area contributed by atoms with Crippen LogP contribution >= 0.6 is 10.7 Å². The van der Waals surface area contributed by atoms with Crippen molar-refractivity contribution in [3.05, 3.63) is 30.5 Å². The van der Waals surface area contributed by atoms with Gasteiger partial charge in [0.2, 0.25) is 0 Å². The molecule has 5 heteroatoms. The van der Waals surface area contributed by atoms with Gasteiger partial charge in [0.05, 0.1) is 0 Å². The standard InChI is InChI=1S/C11H12ClNO2S/c1-2-7-13-8-11(16(12,14)15)9-5-3-4-6-10(9)13/h3-6,8H,2,7H2,1H3. The van der Waals surface area contributed by atoms with E-state index in [-0.39, 0.29) is 4.90 Å². The summed E-state index contributed by atoms with van der Waals surface area (Å²) in [4.78, 5) is 0.193. The number of hydrogen-bond donors (Lipinski definition) is 0. The van der Waals surface area contributed by atoms with Crippen molar-refractivity contribution in [2.24, 2.45) is 0 Å². The quantitative estimate of drug-likeness (QED) is 0.793. The molecule has 0 aliphatic heterocycles. The highest BCUT2D eigenvalue weighted by Gasteiger charge is 2.17. The first-order chi connectivity index (χ1) is 7.54. The molecule has 86 valence electrons. The van der Waals surface area contributed by atoms with Gasteiger partial charge in [0.15, 0.2) is 0 Å². The largest absolute Gasteiger partial charge is 0.346 e. The van der Waals surface area contributed by atoms with E-state index in [0.717, 1.165) is 18.5 Å². The molecule has 0 N–H and O–H groups in total. The molecule has 1 aromatic carbocycles. The Labute approximate surface area is 99.1 Å². The first kappa shape index (κ1) is 11.5. The maximum Gasteiger partial charge on any atom is 0.263 e. The van der Waals surface area contributed by atoms with Gasteiger partial charge in [-0.3, -0.25) is 0 Å². The molecule has 0 spiro atoms. The van der Waals surface area contributed by atoms with E-state index in [0.29, 0.717) is 5.39 Å². The van der Waals surface area contributed by atoms with Crippen LogP contribution in [0.1, 0.15) is 13.3 Å². The van der Waals surface area contributed by atoms with Crippen molar-refractivity contribution < 1.29 is 8.42 Å². The first-order valence-corrected chi connectivity index (χ1v) is 7.37. The van der Waals surface area contributed by atoms with E-state index in [1.54, 1.807) is 12.3 Å². The minimum Gasteiger partial charge on any atom is -0.346 e. The van der Waals surface area contributed by atoms with Crippen LogP contribution in [0.5, 0.6) is 0 Å². The van der Waals surface area contributed by atoms with Crippen LogP contribution in [0.3, 0.4) is 0 Å². The highest BCUT2D eigenvalue weighted by molar-refractivity contribution is 8.14. The summed E-state index contributed by atoms with van der Waals surface area (Å²) in [6.45, 7) is 2.83. The van der Waals surface area contributed by atoms with E-state index in [2.05, 4.69) is 0 Å². The molecule has 0 radical (unpaired) electrons. The van der Waals surface area contributed by atoms with Gasteiger partial charge in [0, 0.05) is 34.3 Å². The van der Waals surface area contributed by atoms with Crippen LogP contribution in [0.15, 0.2) is 35.4 Å². The summed E-state index contributed by atoms with van der Waals surface area (Å²) in [6, 6.07) is 7.37. The van der Waals surface area contributed by atoms with E-state index in [1.165, 1.54) is 0 Å². The third-order valence-corrected chi connectivity index (χ3v) is 3.83. The highest BCUT2D eigenvalue weighted by atomic mass is 35.7. The summed E-state index contributed by atoms with van der Waals surface area (Å²) in [6.07, 6.45) is 2.55. The molecule has 0 atom stereocenters. The number of rotatable bonds is 3. The van der Waals surface area contributed by atoms with Crippen molar-refractivity contribution >= 4 is 30.6 Å². The number of hydrogen-bond acceptors (Lipinski definition) is 2. The van der Waals surface area contributed by atoms with Gasteiger partial charge < -0.3 is 4.57 Å². The Hall–Kier alpha value is -1.00. The predicted molar refractivity (Wildman–Crippen MR) is 65.3 cm³/mol. The van der Waals surface area contributed by atoms with Crippen molar-refractivity contribution in [1.82, 2.24) is 4.57 Å². The van der Waals surface area contributed by atoms with E-state index < -0.39 is 9.05 Å². The molecule has 0 aliphatic carbocycles. The van der Waals surface area contributed by atoms with Crippen LogP contribution in [0.4, 0.5) is 0 Å². The second-order valence-corrected chi connectivity index (χ2v) is 6.18. The second kappa shape index (κ2) is 4.11. The van der Waals surface area contributed by atoms with Gasteiger partial charge in [-0.15, -0.1) is 0 Å². The highest BCUT2D eigenvalue weighted by Crippen LogP contribution is 2.27.